The summed E-state index contributed by atoms with van der Waals surface area (Å²) in [4.78, 5) is 7.93. The van der Waals surface area contributed by atoms with Gasteiger partial charge in [0.2, 0.25) is 0 Å². The molecule has 0 aromatic carbocycles. The molecule has 0 saturated heterocycles. The summed E-state index contributed by atoms with van der Waals surface area (Å²) in [5.41, 5.74) is 0.0786. The van der Waals surface area contributed by atoms with Crippen molar-refractivity contribution in [3.63, 3.8) is 0 Å². The minimum atomic E-state index is -4.41. The van der Waals surface area contributed by atoms with E-state index in [1.807, 2.05) is 20.2 Å². The van der Waals surface area contributed by atoms with E-state index >= 15 is 0 Å². The summed E-state index contributed by atoms with van der Waals surface area (Å²) in [5.74, 6) is 0.514. The van der Waals surface area contributed by atoms with Crippen LogP contribution in [0.15, 0.2) is 22.8 Å². The lowest BCUT2D eigenvalue weighted by atomic mass is 10.4. The Balaban J connectivity index is 0.00000288. The van der Waals surface area contributed by atoms with Gasteiger partial charge in [-0.1, -0.05) is 0 Å². The number of guanidine groups is 1. The van der Waals surface area contributed by atoms with Crippen LogP contribution in [0.1, 0.15) is 23.2 Å². The Kier molecular flexibility index (Phi) is 7.93. The maximum Gasteiger partial charge on any atom is 0.434 e. The molecule has 2 rings (SSSR count). The molecule has 0 radical (unpaired) electrons. The van der Waals surface area contributed by atoms with Crippen molar-refractivity contribution in [2.75, 3.05) is 6.54 Å². The molecule has 0 aliphatic carbocycles. The highest BCUT2D eigenvalue weighted by molar-refractivity contribution is 14.0. The van der Waals surface area contributed by atoms with E-state index in [2.05, 4.69) is 25.7 Å². The summed E-state index contributed by atoms with van der Waals surface area (Å²) in [6.45, 7) is 3.16. The van der Waals surface area contributed by atoms with Gasteiger partial charge in [-0.05, 0) is 6.92 Å². The van der Waals surface area contributed by atoms with Crippen LogP contribution in [-0.4, -0.2) is 27.3 Å². The number of aromatic nitrogens is 3. The second-order valence-corrected chi connectivity index (χ2v) is 5.64. The first-order valence-corrected chi connectivity index (χ1v) is 7.77. The van der Waals surface area contributed by atoms with Gasteiger partial charge in [-0.3, -0.25) is 4.68 Å². The molecule has 0 amide bonds. The van der Waals surface area contributed by atoms with Gasteiger partial charge in [-0.2, -0.15) is 18.3 Å². The summed E-state index contributed by atoms with van der Waals surface area (Å²) in [6, 6.07) is 0. The first kappa shape index (κ1) is 20.7. The van der Waals surface area contributed by atoms with Crippen molar-refractivity contribution in [2.24, 2.45) is 12.0 Å². The van der Waals surface area contributed by atoms with Crippen LogP contribution in [0.3, 0.4) is 0 Å². The highest BCUT2D eigenvalue weighted by Gasteiger charge is 2.33. The van der Waals surface area contributed by atoms with Gasteiger partial charge in [0.1, 0.15) is 5.01 Å². The third-order valence-electron chi connectivity index (χ3n) is 2.77. The van der Waals surface area contributed by atoms with Crippen molar-refractivity contribution in [1.82, 2.24) is 25.4 Å². The molecule has 0 bridgehead atoms. The maximum absolute atomic E-state index is 12.5. The molecule has 6 nitrogen and oxygen atoms in total. The van der Waals surface area contributed by atoms with E-state index in [9.17, 15) is 13.2 Å². The number of aliphatic imine (C=N–C) groups is 1. The number of hydrogen-bond donors (Lipinski definition) is 2. The summed E-state index contributed by atoms with van der Waals surface area (Å²) < 4.78 is 39.2. The van der Waals surface area contributed by atoms with Crippen molar-refractivity contribution in [3.05, 3.63) is 34.0 Å². The number of nitrogens with one attached hydrogen (secondary N) is 2. The quantitative estimate of drug-likeness (QED) is 0.398. The molecule has 0 aliphatic rings. The van der Waals surface area contributed by atoms with Gasteiger partial charge in [0.25, 0.3) is 0 Å². The zero-order valence-corrected chi connectivity index (χ0v) is 16.2. The normalized spacial score (nSPS) is 12.0. The largest absolute Gasteiger partial charge is 0.434 e. The number of thiazole rings is 1. The minimum absolute atomic E-state index is 0. The SMILES string of the molecule is CCNC(=NCc1cnn(C)c1)NCc1nc(C(F)(F)F)cs1.I. The molecule has 24 heavy (non-hydrogen) atoms. The molecule has 0 fully saturated rings. The molecule has 2 aromatic rings. The van der Waals surface area contributed by atoms with E-state index in [1.165, 1.54) is 0 Å². The van der Waals surface area contributed by atoms with Gasteiger partial charge in [0.05, 0.1) is 19.3 Å². The number of alkyl halides is 3. The van der Waals surface area contributed by atoms with E-state index in [0.29, 0.717) is 24.1 Å². The van der Waals surface area contributed by atoms with Crippen LogP contribution in [0, 0.1) is 0 Å². The van der Waals surface area contributed by atoms with E-state index < -0.39 is 11.9 Å². The Morgan fingerprint density at radius 1 is 1.38 bits per heavy atom. The fourth-order valence-electron chi connectivity index (χ4n) is 1.75. The van der Waals surface area contributed by atoms with Crippen LogP contribution in [0.5, 0.6) is 0 Å². The molecule has 11 heteroatoms. The fraction of sp³-hybridized carbons (Fsp3) is 0.462. The Morgan fingerprint density at radius 3 is 2.67 bits per heavy atom. The van der Waals surface area contributed by atoms with Crippen molar-refractivity contribution in [1.29, 1.82) is 0 Å². The molecule has 0 atom stereocenters. The number of aryl methyl sites for hydroxylation is 1. The zero-order valence-electron chi connectivity index (χ0n) is 13.1. The van der Waals surface area contributed by atoms with Crippen molar-refractivity contribution in [3.8, 4) is 0 Å². The smallest absolute Gasteiger partial charge is 0.357 e. The van der Waals surface area contributed by atoms with Crippen LogP contribution in [0.4, 0.5) is 13.2 Å². The van der Waals surface area contributed by atoms with Gasteiger partial charge < -0.3 is 10.6 Å². The Labute approximate surface area is 158 Å². The van der Waals surface area contributed by atoms with E-state index in [4.69, 9.17) is 0 Å². The van der Waals surface area contributed by atoms with Crippen LogP contribution < -0.4 is 10.6 Å². The van der Waals surface area contributed by atoms with E-state index in [-0.39, 0.29) is 30.5 Å². The second kappa shape index (κ2) is 9.20. The Morgan fingerprint density at radius 2 is 2.12 bits per heavy atom. The second-order valence-electron chi connectivity index (χ2n) is 4.70. The molecule has 0 unspecified atom stereocenters. The fourth-order valence-corrected chi connectivity index (χ4v) is 2.49. The highest BCUT2D eigenvalue weighted by Crippen LogP contribution is 2.29. The Hall–Kier alpha value is -1.37. The molecule has 0 spiro atoms. The van der Waals surface area contributed by atoms with Gasteiger partial charge in [0.15, 0.2) is 11.7 Å². The van der Waals surface area contributed by atoms with Gasteiger partial charge in [-0.15, -0.1) is 35.3 Å². The van der Waals surface area contributed by atoms with Crippen LogP contribution in [0.2, 0.25) is 0 Å². The molecule has 0 aliphatic heterocycles. The third kappa shape index (κ3) is 6.26. The summed E-state index contributed by atoms with van der Waals surface area (Å²) >= 11 is 0.965. The van der Waals surface area contributed by atoms with Crippen molar-refractivity contribution >= 4 is 41.3 Å². The molecule has 2 N–H and O–H groups in total. The Bertz CT molecular complexity index is 667. The average molecular weight is 474 g/mol. The average Bonchev–Trinajstić information content (AvgIpc) is 3.10. The molecule has 134 valence electrons. The zero-order chi connectivity index (χ0) is 16.9. The number of halogens is 4. The summed E-state index contributed by atoms with van der Waals surface area (Å²) in [7, 11) is 1.82. The maximum atomic E-state index is 12.5. The van der Waals surface area contributed by atoms with Gasteiger partial charge in [-0.25, -0.2) is 9.98 Å². The molecule has 2 heterocycles. The van der Waals surface area contributed by atoms with E-state index in [0.717, 1.165) is 22.3 Å². The lowest BCUT2D eigenvalue weighted by Gasteiger charge is -2.09. The first-order valence-electron chi connectivity index (χ1n) is 6.89. The number of nitrogens with zero attached hydrogens (tertiary/aromatic N) is 4. The van der Waals surface area contributed by atoms with Crippen molar-refractivity contribution < 1.29 is 13.2 Å². The lowest BCUT2D eigenvalue weighted by molar-refractivity contribution is -0.140. The van der Waals surface area contributed by atoms with Crippen LogP contribution in [-0.2, 0) is 26.3 Å². The lowest BCUT2D eigenvalue weighted by Crippen LogP contribution is -2.36. The minimum Gasteiger partial charge on any atom is -0.357 e. The molecule has 0 saturated carbocycles. The topological polar surface area (TPSA) is 67.1 Å². The van der Waals surface area contributed by atoms with Crippen LogP contribution in [0.25, 0.3) is 0 Å². The monoisotopic (exact) mass is 474 g/mol. The van der Waals surface area contributed by atoms with Gasteiger partial charge in [0, 0.05) is 30.7 Å². The van der Waals surface area contributed by atoms with E-state index in [1.54, 1.807) is 10.9 Å². The number of hydrogen-bond acceptors (Lipinski definition) is 4. The summed E-state index contributed by atoms with van der Waals surface area (Å²) in [5, 5.41) is 11.4. The number of rotatable bonds is 5. The summed E-state index contributed by atoms with van der Waals surface area (Å²) in [6.07, 6.45) is -0.847. The highest BCUT2D eigenvalue weighted by atomic mass is 127. The molecular weight excluding hydrogens is 456 g/mol. The van der Waals surface area contributed by atoms with Crippen LogP contribution >= 0.6 is 35.3 Å². The standard InChI is InChI=1S/C13H17F3N6S.HI/c1-3-17-12(18-4-9-5-20-22(2)7-9)19-6-11-21-10(8-23-11)13(14,15)16;/h5,7-8H,3-4,6H2,1-2H3,(H2,17,18,19);1H. The molecule has 2 aromatic heterocycles. The molecular formula is C13H18F3IN6S. The van der Waals surface area contributed by atoms with Gasteiger partial charge >= 0.3 is 6.18 Å². The first-order chi connectivity index (χ1) is 10.9. The van der Waals surface area contributed by atoms with Crippen molar-refractivity contribution in [2.45, 2.75) is 26.2 Å². The predicted molar refractivity (Wildman–Crippen MR) is 97.4 cm³/mol. The predicted octanol–water partition coefficient (Wildman–Crippen LogP) is 2.77. The third-order valence-corrected chi connectivity index (χ3v) is 3.62.